The van der Waals surface area contributed by atoms with E-state index in [-0.39, 0.29) is 31.1 Å². The molecule has 0 unspecified atom stereocenters. The summed E-state index contributed by atoms with van der Waals surface area (Å²) in [6.07, 6.45) is 9.73. The Morgan fingerprint density at radius 2 is 1.23 bits per heavy atom. The summed E-state index contributed by atoms with van der Waals surface area (Å²) in [7, 11) is 0. The number of carbonyl (C=O) groups excluding carboxylic acids is 6. The highest BCUT2D eigenvalue weighted by Gasteiger charge is 2.33. The molecule has 2 rings (SSSR count). The number of hydrogen-bond donors (Lipinski definition) is 5. The Hall–Kier alpha value is -4.88. The zero-order valence-corrected chi connectivity index (χ0v) is 37.9. The second-order valence-electron chi connectivity index (χ2n) is 17.9. The average molecular weight is 839 g/mol. The predicted octanol–water partition coefficient (Wildman–Crippen LogP) is 6.63. The molecule has 1 aliphatic carbocycles. The SMILES string of the molecule is CCCN(CCC)C(=O)[C@@H](CCCCNC(=O)OC(C)(C)C)NC(=O)[C@@H](CC(C)C)NC(=O)[C@@H](CC1=CCCC=C1)NC(=O)[C@@H](Cc1ccccc1)NC(=O)OC(C)(C)C. The zero-order chi connectivity index (χ0) is 44.9. The number of nitrogens with one attached hydrogen (secondary N) is 5. The number of carbonyl (C=O) groups is 6. The lowest BCUT2D eigenvalue weighted by Crippen LogP contribution is -2.59. The molecular formula is C46H74N6O8. The number of ether oxygens (including phenoxy) is 2. The minimum atomic E-state index is -1.10. The van der Waals surface area contributed by atoms with E-state index in [0.29, 0.717) is 38.9 Å². The average Bonchev–Trinajstić information content (AvgIpc) is 3.15. The number of allylic oxidation sites excluding steroid dienone is 3. The highest BCUT2D eigenvalue weighted by atomic mass is 16.6. The lowest BCUT2D eigenvalue weighted by atomic mass is 9.97. The van der Waals surface area contributed by atoms with E-state index in [1.807, 2.05) is 76.3 Å². The van der Waals surface area contributed by atoms with Crippen molar-refractivity contribution < 1.29 is 38.2 Å². The first kappa shape index (κ1) is 51.3. The monoisotopic (exact) mass is 839 g/mol. The van der Waals surface area contributed by atoms with E-state index in [9.17, 15) is 28.8 Å². The van der Waals surface area contributed by atoms with Crippen molar-refractivity contribution in [2.45, 2.75) is 169 Å². The maximum absolute atomic E-state index is 14.3. The van der Waals surface area contributed by atoms with Gasteiger partial charge in [0.1, 0.15) is 35.4 Å². The van der Waals surface area contributed by atoms with Crippen molar-refractivity contribution in [3.8, 4) is 0 Å². The van der Waals surface area contributed by atoms with Crippen molar-refractivity contribution in [2.75, 3.05) is 19.6 Å². The second kappa shape index (κ2) is 25.7. The maximum Gasteiger partial charge on any atom is 0.408 e. The van der Waals surface area contributed by atoms with Gasteiger partial charge in [0.2, 0.25) is 23.6 Å². The van der Waals surface area contributed by atoms with Gasteiger partial charge in [-0.2, -0.15) is 0 Å². The first-order valence-electron chi connectivity index (χ1n) is 21.8. The number of amides is 6. The number of unbranched alkanes of at least 4 members (excludes halogenated alkanes) is 1. The number of hydrogen-bond acceptors (Lipinski definition) is 8. The molecule has 60 heavy (non-hydrogen) atoms. The lowest BCUT2D eigenvalue weighted by Gasteiger charge is -2.30. The van der Waals surface area contributed by atoms with Crippen LogP contribution in [0, 0.1) is 5.92 Å². The molecule has 5 N–H and O–H groups in total. The van der Waals surface area contributed by atoms with E-state index < -0.39 is 65.3 Å². The molecule has 336 valence electrons. The standard InChI is InChI=1S/C46H74N6O8/c1-11-27-52(28-12-2)42(56)35(25-19-20-26-47-43(57)59-45(5,6)7)48-39(53)36(29-32(3)4)49-40(54)37(30-33-21-15-13-16-22-33)50-41(55)38(31-34-23-17-14-18-24-34)51-44(58)60-46(8,9)10/h14-15,17-18,21-24,32,35-38H,11-13,16,19-20,25-31H2,1-10H3,(H,47,57)(H,48,53)(H,49,54)(H,50,55)(H,51,58)/t35-,36-,37-,38-/m1/s1. The van der Waals surface area contributed by atoms with Crippen molar-refractivity contribution >= 4 is 35.8 Å². The third-order valence-corrected chi connectivity index (χ3v) is 9.28. The maximum atomic E-state index is 14.3. The highest BCUT2D eigenvalue weighted by molar-refractivity contribution is 5.95. The Morgan fingerprint density at radius 1 is 0.683 bits per heavy atom. The summed E-state index contributed by atoms with van der Waals surface area (Å²) in [5.74, 6) is -1.89. The van der Waals surface area contributed by atoms with Gasteiger partial charge in [0.05, 0.1) is 0 Å². The summed E-state index contributed by atoms with van der Waals surface area (Å²) in [6.45, 7) is 19.8. The molecule has 0 saturated heterocycles. The molecule has 1 aliphatic rings. The van der Waals surface area contributed by atoms with Crippen LogP contribution in [0.15, 0.2) is 54.1 Å². The summed E-state index contributed by atoms with van der Waals surface area (Å²) in [5.41, 5.74) is 0.208. The van der Waals surface area contributed by atoms with Crippen molar-refractivity contribution in [1.82, 2.24) is 31.5 Å². The van der Waals surface area contributed by atoms with Gasteiger partial charge in [-0.15, -0.1) is 0 Å². The van der Waals surface area contributed by atoms with Crippen molar-refractivity contribution in [1.29, 1.82) is 0 Å². The second-order valence-corrected chi connectivity index (χ2v) is 17.9. The van der Waals surface area contributed by atoms with Crippen molar-refractivity contribution in [2.24, 2.45) is 5.92 Å². The topological polar surface area (TPSA) is 184 Å². The van der Waals surface area contributed by atoms with E-state index in [1.165, 1.54) is 0 Å². The fourth-order valence-electron chi connectivity index (χ4n) is 6.62. The quantitative estimate of drug-likeness (QED) is 0.0761. The number of alkyl carbamates (subject to hydrolysis) is 2. The van der Waals surface area contributed by atoms with Gasteiger partial charge in [0.25, 0.3) is 0 Å². The molecular weight excluding hydrogens is 765 g/mol. The highest BCUT2D eigenvalue weighted by Crippen LogP contribution is 2.18. The number of benzene rings is 1. The minimum absolute atomic E-state index is 0.0175. The van der Waals surface area contributed by atoms with E-state index in [2.05, 4.69) is 26.6 Å². The van der Waals surface area contributed by atoms with Crippen LogP contribution < -0.4 is 26.6 Å². The summed E-state index contributed by atoms with van der Waals surface area (Å²) in [5, 5.41) is 14.2. The van der Waals surface area contributed by atoms with E-state index in [1.54, 1.807) is 46.4 Å². The predicted molar refractivity (Wildman–Crippen MR) is 235 cm³/mol. The third kappa shape index (κ3) is 20.9. The number of nitrogens with zero attached hydrogens (tertiary/aromatic N) is 1. The summed E-state index contributed by atoms with van der Waals surface area (Å²) in [4.78, 5) is 83.5. The molecule has 1 aromatic carbocycles. The molecule has 0 radical (unpaired) electrons. The van der Waals surface area contributed by atoms with Crippen molar-refractivity contribution in [3.63, 3.8) is 0 Å². The summed E-state index contributed by atoms with van der Waals surface area (Å²) in [6, 6.07) is 5.14. The van der Waals surface area contributed by atoms with E-state index in [0.717, 1.165) is 36.8 Å². The molecule has 0 fully saturated rings. The Morgan fingerprint density at radius 3 is 1.78 bits per heavy atom. The van der Waals surface area contributed by atoms with Gasteiger partial charge >= 0.3 is 12.2 Å². The molecule has 4 atom stereocenters. The van der Waals surface area contributed by atoms with Gasteiger partial charge in [-0.3, -0.25) is 19.2 Å². The van der Waals surface area contributed by atoms with Crippen LogP contribution in [0.25, 0.3) is 0 Å². The van der Waals surface area contributed by atoms with E-state index in [4.69, 9.17) is 9.47 Å². The zero-order valence-electron chi connectivity index (χ0n) is 37.9. The normalized spacial score (nSPS) is 14.8. The molecule has 0 saturated carbocycles. The van der Waals surface area contributed by atoms with Crippen LogP contribution in [-0.4, -0.2) is 95.7 Å². The van der Waals surface area contributed by atoms with Crippen LogP contribution in [-0.2, 0) is 35.1 Å². The van der Waals surface area contributed by atoms with Gasteiger partial charge in [0.15, 0.2) is 0 Å². The van der Waals surface area contributed by atoms with Crippen LogP contribution in [0.4, 0.5) is 9.59 Å². The van der Waals surface area contributed by atoms with Crippen LogP contribution in [0.2, 0.25) is 0 Å². The fourth-order valence-corrected chi connectivity index (χ4v) is 6.62. The van der Waals surface area contributed by atoms with Gasteiger partial charge in [0, 0.05) is 32.5 Å². The molecule has 6 amide bonds. The minimum Gasteiger partial charge on any atom is -0.444 e. The third-order valence-electron chi connectivity index (χ3n) is 9.28. The molecule has 0 aromatic heterocycles. The summed E-state index contributed by atoms with van der Waals surface area (Å²) < 4.78 is 10.8. The Balaban J connectivity index is 2.37. The fraction of sp³-hybridized carbons (Fsp3) is 0.652. The first-order valence-corrected chi connectivity index (χ1v) is 21.8. The summed E-state index contributed by atoms with van der Waals surface area (Å²) >= 11 is 0. The van der Waals surface area contributed by atoms with Crippen LogP contribution >= 0.6 is 0 Å². The van der Waals surface area contributed by atoms with Gasteiger partial charge in [-0.25, -0.2) is 9.59 Å². The van der Waals surface area contributed by atoms with E-state index >= 15 is 0 Å². The molecule has 0 heterocycles. The first-order chi connectivity index (χ1) is 28.2. The lowest BCUT2D eigenvalue weighted by molar-refractivity contribution is -0.138. The molecule has 14 heteroatoms. The largest absolute Gasteiger partial charge is 0.444 e. The molecule has 14 nitrogen and oxygen atoms in total. The Labute approximate surface area is 358 Å². The van der Waals surface area contributed by atoms with Gasteiger partial charge < -0.3 is 41.0 Å². The van der Waals surface area contributed by atoms with Crippen LogP contribution in [0.5, 0.6) is 0 Å². The molecule has 0 bridgehead atoms. The van der Waals surface area contributed by atoms with Gasteiger partial charge in [-0.1, -0.05) is 76.3 Å². The van der Waals surface area contributed by atoms with Crippen LogP contribution in [0.1, 0.15) is 133 Å². The Kier molecular flexibility index (Phi) is 21.9. The Bertz CT molecular complexity index is 1590. The molecule has 0 spiro atoms. The smallest absolute Gasteiger partial charge is 0.408 e. The van der Waals surface area contributed by atoms with Crippen molar-refractivity contribution in [3.05, 3.63) is 59.7 Å². The number of rotatable bonds is 23. The molecule has 0 aliphatic heterocycles. The molecule has 1 aromatic rings. The van der Waals surface area contributed by atoms with Gasteiger partial charge in [-0.05, 0) is 110 Å². The van der Waals surface area contributed by atoms with Crippen LogP contribution in [0.3, 0.4) is 0 Å².